The largest absolute Gasteiger partial charge is 0.497 e. The van der Waals surface area contributed by atoms with Crippen molar-refractivity contribution in [3.63, 3.8) is 0 Å². The lowest BCUT2D eigenvalue weighted by molar-refractivity contribution is 0.0513. The maximum Gasteiger partial charge on any atom is 0.359 e. The molecule has 0 atom stereocenters. The van der Waals surface area contributed by atoms with Crippen LogP contribution in [0.4, 0.5) is 0 Å². The SMILES string of the molecule is CCOC(=O)c1nn(CCc2ccc(OC)cc2)c2c1CN(C(=O)c1n[nH]c3ccccc13)CC2. The van der Waals surface area contributed by atoms with E-state index < -0.39 is 5.97 Å². The zero-order valence-corrected chi connectivity index (χ0v) is 19.8. The van der Waals surface area contributed by atoms with Crippen LogP contribution >= 0.6 is 0 Å². The van der Waals surface area contributed by atoms with E-state index in [4.69, 9.17) is 9.47 Å². The van der Waals surface area contributed by atoms with Crippen molar-refractivity contribution >= 4 is 22.8 Å². The highest BCUT2D eigenvalue weighted by molar-refractivity contribution is 6.04. The molecule has 0 bridgehead atoms. The van der Waals surface area contributed by atoms with Gasteiger partial charge >= 0.3 is 5.97 Å². The molecule has 1 aliphatic rings. The second-order valence-electron chi connectivity index (χ2n) is 8.41. The molecule has 5 rings (SSSR count). The summed E-state index contributed by atoms with van der Waals surface area (Å²) in [5.41, 5.74) is 4.34. The highest BCUT2D eigenvalue weighted by Crippen LogP contribution is 2.26. The maximum absolute atomic E-state index is 13.4. The quantitative estimate of drug-likeness (QED) is 0.413. The van der Waals surface area contributed by atoms with E-state index in [0.717, 1.165) is 39.9 Å². The third kappa shape index (κ3) is 4.37. The predicted molar refractivity (Wildman–Crippen MR) is 129 cm³/mol. The zero-order valence-electron chi connectivity index (χ0n) is 19.8. The summed E-state index contributed by atoms with van der Waals surface area (Å²) in [4.78, 5) is 27.8. The number of nitrogens with zero attached hydrogens (tertiary/aromatic N) is 4. The molecule has 35 heavy (non-hydrogen) atoms. The van der Waals surface area contributed by atoms with Gasteiger partial charge in [0.25, 0.3) is 5.91 Å². The Kier molecular flexibility index (Phi) is 6.22. The number of hydrogen-bond acceptors (Lipinski definition) is 6. The van der Waals surface area contributed by atoms with E-state index >= 15 is 0 Å². The average molecular weight is 474 g/mol. The minimum absolute atomic E-state index is 0.172. The molecule has 9 nitrogen and oxygen atoms in total. The predicted octanol–water partition coefficient (Wildman–Crippen LogP) is 3.39. The Morgan fingerprint density at radius 3 is 2.66 bits per heavy atom. The number of para-hydroxylation sites is 1. The van der Waals surface area contributed by atoms with Crippen LogP contribution in [0.15, 0.2) is 48.5 Å². The summed E-state index contributed by atoms with van der Waals surface area (Å²) >= 11 is 0. The molecule has 0 saturated carbocycles. The van der Waals surface area contributed by atoms with Crippen LogP contribution in [-0.4, -0.2) is 57.0 Å². The van der Waals surface area contributed by atoms with Crippen molar-refractivity contribution in [1.82, 2.24) is 24.9 Å². The van der Waals surface area contributed by atoms with Crippen LogP contribution in [0.25, 0.3) is 10.9 Å². The zero-order chi connectivity index (χ0) is 24.4. The second kappa shape index (κ2) is 9.61. The Morgan fingerprint density at radius 2 is 1.89 bits per heavy atom. The highest BCUT2D eigenvalue weighted by Gasteiger charge is 2.32. The van der Waals surface area contributed by atoms with Crippen molar-refractivity contribution < 1.29 is 19.1 Å². The summed E-state index contributed by atoms with van der Waals surface area (Å²) in [5, 5.41) is 12.6. The van der Waals surface area contributed by atoms with Gasteiger partial charge in [-0.3, -0.25) is 14.6 Å². The molecular weight excluding hydrogens is 446 g/mol. The first-order valence-electron chi connectivity index (χ1n) is 11.7. The molecule has 2 aromatic carbocycles. The molecule has 4 aromatic rings. The first-order chi connectivity index (χ1) is 17.1. The Hall–Kier alpha value is -4.14. The standard InChI is InChI=1S/C26H27N5O4/c1-3-35-26(33)24-20-16-30(25(32)23-19-6-4-5-7-21(19)27-28-23)14-13-22(20)31(29-24)15-12-17-8-10-18(34-2)11-9-17/h4-11H,3,12-16H2,1-2H3,(H,27,28). The number of ether oxygens (including phenoxy) is 2. The van der Waals surface area contributed by atoms with Gasteiger partial charge in [-0.1, -0.05) is 30.3 Å². The first kappa shape index (κ1) is 22.6. The minimum atomic E-state index is -0.466. The minimum Gasteiger partial charge on any atom is -0.497 e. The van der Waals surface area contributed by atoms with Crippen LogP contribution in [0, 0.1) is 0 Å². The van der Waals surface area contributed by atoms with E-state index in [-0.39, 0.29) is 24.8 Å². The summed E-state index contributed by atoms with van der Waals surface area (Å²) in [5.74, 6) is 0.171. The molecule has 180 valence electrons. The monoisotopic (exact) mass is 473 g/mol. The molecule has 9 heteroatoms. The molecule has 0 spiro atoms. The van der Waals surface area contributed by atoms with Gasteiger partial charge in [0.15, 0.2) is 11.4 Å². The fraction of sp³-hybridized carbons (Fsp3) is 0.308. The lowest BCUT2D eigenvalue weighted by Gasteiger charge is -2.27. The van der Waals surface area contributed by atoms with Crippen LogP contribution in [0.5, 0.6) is 5.75 Å². The van der Waals surface area contributed by atoms with Gasteiger partial charge in [0.1, 0.15) is 5.75 Å². The van der Waals surface area contributed by atoms with Crippen molar-refractivity contribution in [3.8, 4) is 5.75 Å². The smallest absolute Gasteiger partial charge is 0.359 e. The fourth-order valence-corrected chi connectivity index (χ4v) is 4.52. The van der Waals surface area contributed by atoms with E-state index in [1.54, 1.807) is 18.9 Å². The summed E-state index contributed by atoms with van der Waals surface area (Å²) < 4.78 is 12.4. The first-order valence-corrected chi connectivity index (χ1v) is 11.7. The Morgan fingerprint density at radius 1 is 1.09 bits per heavy atom. The summed E-state index contributed by atoms with van der Waals surface area (Å²) in [6.07, 6.45) is 1.35. The number of amides is 1. The number of carbonyl (C=O) groups is 2. The van der Waals surface area contributed by atoms with E-state index in [1.807, 2.05) is 53.2 Å². The molecule has 0 aliphatic carbocycles. The Balaban J connectivity index is 1.40. The molecule has 0 saturated heterocycles. The number of carbonyl (C=O) groups excluding carboxylic acids is 2. The normalized spacial score (nSPS) is 13.0. The number of esters is 1. The van der Waals surface area contributed by atoms with Crippen molar-refractivity contribution in [1.29, 1.82) is 0 Å². The van der Waals surface area contributed by atoms with E-state index in [2.05, 4.69) is 15.3 Å². The summed E-state index contributed by atoms with van der Waals surface area (Å²) in [6, 6.07) is 15.5. The van der Waals surface area contributed by atoms with Crippen LogP contribution in [0.3, 0.4) is 0 Å². The number of nitrogens with one attached hydrogen (secondary N) is 1. The van der Waals surface area contributed by atoms with Gasteiger partial charge in [-0.25, -0.2) is 4.79 Å². The van der Waals surface area contributed by atoms with E-state index in [0.29, 0.717) is 25.2 Å². The average Bonchev–Trinajstić information content (AvgIpc) is 3.49. The molecule has 1 N–H and O–H groups in total. The number of rotatable bonds is 7. The Labute approximate surface area is 202 Å². The van der Waals surface area contributed by atoms with Crippen LogP contribution < -0.4 is 4.74 Å². The van der Waals surface area contributed by atoms with Crippen LogP contribution in [0.2, 0.25) is 0 Å². The maximum atomic E-state index is 13.4. The molecule has 0 unspecified atom stereocenters. The number of aromatic nitrogens is 4. The number of aromatic amines is 1. The van der Waals surface area contributed by atoms with Crippen LogP contribution in [0.1, 0.15) is 44.7 Å². The molecule has 0 fully saturated rings. The summed E-state index contributed by atoms with van der Waals surface area (Å²) in [7, 11) is 1.64. The Bertz CT molecular complexity index is 1370. The number of aryl methyl sites for hydroxylation is 2. The van der Waals surface area contributed by atoms with Gasteiger partial charge in [0.05, 0.1) is 25.8 Å². The second-order valence-corrected chi connectivity index (χ2v) is 8.41. The molecular formula is C26H27N5O4. The number of fused-ring (bicyclic) bond motifs is 2. The highest BCUT2D eigenvalue weighted by atomic mass is 16.5. The third-order valence-corrected chi connectivity index (χ3v) is 6.33. The lowest BCUT2D eigenvalue weighted by Crippen LogP contribution is -2.37. The molecule has 1 aliphatic heterocycles. The van der Waals surface area contributed by atoms with Gasteiger partial charge in [-0.2, -0.15) is 10.2 Å². The van der Waals surface area contributed by atoms with Crippen molar-refractivity contribution in [2.75, 3.05) is 20.3 Å². The van der Waals surface area contributed by atoms with Crippen molar-refractivity contribution in [2.45, 2.75) is 32.9 Å². The van der Waals surface area contributed by atoms with E-state index in [1.165, 1.54) is 0 Å². The number of methoxy groups -OCH3 is 1. The van der Waals surface area contributed by atoms with Crippen molar-refractivity contribution in [3.05, 3.63) is 76.7 Å². The molecule has 1 amide bonds. The lowest BCUT2D eigenvalue weighted by atomic mass is 10.0. The molecule has 2 aromatic heterocycles. The molecule has 3 heterocycles. The van der Waals surface area contributed by atoms with Crippen molar-refractivity contribution in [2.24, 2.45) is 0 Å². The van der Waals surface area contributed by atoms with Crippen LogP contribution in [-0.2, 0) is 30.7 Å². The van der Waals surface area contributed by atoms with Gasteiger partial charge in [-0.05, 0) is 37.1 Å². The number of benzene rings is 2. The number of hydrogen-bond donors (Lipinski definition) is 1. The van der Waals surface area contributed by atoms with E-state index in [9.17, 15) is 9.59 Å². The third-order valence-electron chi connectivity index (χ3n) is 6.33. The van der Waals surface area contributed by atoms with Gasteiger partial charge in [0, 0.05) is 36.2 Å². The summed E-state index contributed by atoms with van der Waals surface area (Å²) in [6.45, 7) is 3.44. The number of H-pyrrole nitrogens is 1. The van der Waals surface area contributed by atoms with Gasteiger partial charge in [-0.15, -0.1) is 0 Å². The topological polar surface area (TPSA) is 102 Å². The van der Waals surface area contributed by atoms with Gasteiger partial charge in [0.2, 0.25) is 0 Å². The molecule has 0 radical (unpaired) electrons. The van der Waals surface area contributed by atoms with Gasteiger partial charge < -0.3 is 14.4 Å². The fourth-order valence-electron chi connectivity index (χ4n) is 4.52.